The average molecular weight is 220 g/mol. The van der Waals surface area contributed by atoms with Gasteiger partial charge in [-0.3, -0.25) is 4.79 Å². The zero-order chi connectivity index (χ0) is 11.5. The van der Waals surface area contributed by atoms with Gasteiger partial charge in [-0.25, -0.2) is 0 Å². The number of hydrogen-bond acceptors (Lipinski definition) is 2. The Labute approximate surface area is 96.5 Å². The SMILES string of the molecule is CCC(Nc1ccc(=O)n(CC)c1)C1CC1. The van der Waals surface area contributed by atoms with E-state index < -0.39 is 0 Å². The second kappa shape index (κ2) is 4.73. The molecular weight excluding hydrogens is 200 g/mol. The molecule has 88 valence electrons. The number of nitrogens with one attached hydrogen (secondary N) is 1. The zero-order valence-electron chi connectivity index (χ0n) is 10.1. The molecular formula is C13H20N2O. The molecule has 1 saturated carbocycles. The van der Waals surface area contributed by atoms with E-state index in [1.165, 1.54) is 12.8 Å². The molecule has 0 bridgehead atoms. The summed E-state index contributed by atoms with van der Waals surface area (Å²) in [6.07, 6.45) is 5.77. The third-order valence-corrected chi connectivity index (χ3v) is 3.31. The highest BCUT2D eigenvalue weighted by molar-refractivity contribution is 5.41. The molecule has 0 saturated heterocycles. The van der Waals surface area contributed by atoms with Crippen LogP contribution in [-0.4, -0.2) is 10.6 Å². The Morgan fingerprint density at radius 2 is 2.19 bits per heavy atom. The Balaban J connectivity index is 2.11. The first kappa shape index (κ1) is 11.2. The highest BCUT2D eigenvalue weighted by Gasteiger charge is 2.29. The fraction of sp³-hybridized carbons (Fsp3) is 0.615. The molecule has 1 atom stereocenters. The molecule has 3 nitrogen and oxygen atoms in total. The molecule has 3 heteroatoms. The van der Waals surface area contributed by atoms with Crippen LogP contribution in [0.2, 0.25) is 0 Å². The van der Waals surface area contributed by atoms with Crippen molar-refractivity contribution in [2.75, 3.05) is 5.32 Å². The van der Waals surface area contributed by atoms with Crippen LogP contribution in [0, 0.1) is 5.92 Å². The molecule has 1 N–H and O–H groups in total. The van der Waals surface area contributed by atoms with Gasteiger partial charge in [0.2, 0.25) is 0 Å². The zero-order valence-corrected chi connectivity index (χ0v) is 10.1. The quantitative estimate of drug-likeness (QED) is 0.827. The number of hydrogen-bond donors (Lipinski definition) is 1. The van der Waals surface area contributed by atoms with Gasteiger partial charge in [0.15, 0.2) is 0 Å². The van der Waals surface area contributed by atoms with Crippen molar-refractivity contribution in [1.29, 1.82) is 0 Å². The maximum absolute atomic E-state index is 11.4. The van der Waals surface area contributed by atoms with Gasteiger partial charge in [-0.15, -0.1) is 0 Å². The summed E-state index contributed by atoms with van der Waals surface area (Å²) in [7, 11) is 0. The van der Waals surface area contributed by atoms with Gasteiger partial charge in [0.25, 0.3) is 5.56 Å². The molecule has 1 aliphatic rings. The van der Waals surface area contributed by atoms with Gasteiger partial charge in [-0.1, -0.05) is 6.92 Å². The van der Waals surface area contributed by atoms with E-state index in [4.69, 9.17) is 0 Å². The largest absolute Gasteiger partial charge is 0.381 e. The van der Waals surface area contributed by atoms with Crippen molar-refractivity contribution in [3.63, 3.8) is 0 Å². The topological polar surface area (TPSA) is 34.0 Å². The molecule has 1 aromatic rings. The predicted octanol–water partition coefficient (Wildman–Crippen LogP) is 2.47. The van der Waals surface area contributed by atoms with E-state index in [1.54, 1.807) is 10.6 Å². The third-order valence-electron chi connectivity index (χ3n) is 3.31. The van der Waals surface area contributed by atoms with E-state index in [1.807, 2.05) is 19.2 Å². The molecule has 16 heavy (non-hydrogen) atoms. The first-order valence-electron chi connectivity index (χ1n) is 6.21. The number of aryl methyl sites for hydroxylation is 1. The van der Waals surface area contributed by atoms with Crippen LogP contribution < -0.4 is 10.9 Å². The van der Waals surface area contributed by atoms with E-state index in [-0.39, 0.29) is 5.56 Å². The minimum Gasteiger partial charge on any atom is -0.381 e. The lowest BCUT2D eigenvalue weighted by Crippen LogP contribution is -2.23. The van der Waals surface area contributed by atoms with Crippen molar-refractivity contribution >= 4 is 5.69 Å². The Morgan fingerprint density at radius 1 is 1.44 bits per heavy atom. The molecule has 1 fully saturated rings. The maximum Gasteiger partial charge on any atom is 0.250 e. The first-order chi connectivity index (χ1) is 7.74. The van der Waals surface area contributed by atoms with Crippen LogP contribution in [0.5, 0.6) is 0 Å². The Bertz CT molecular complexity index is 407. The predicted molar refractivity (Wildman–Crippen MR) is 66.8 cm³/mol. The molecule has 0 radical (unpaired) electrons. The summed E-state index contributed by atoms with van der Waals surface area (Å²) in [4.78, 5) is 11.4. The summed E-state index contributed by atoms with van der Waals surface area (Å²) in [5.41, 5.74) is 1.15. The number of nitrogens with zero attached hydrogens (tertiary/aromatic N) is 1. The number of rotatable bonds is 5. The molecule has 0 aromatic carbocycles. The Kier molecular flexibility index (Phi) is 3.32. The van der Waals surface area contributed by atoms with Crippen LogP contribution in [0.4, 0.5) is 5.69 Å². The molecule has 0 spiro atoms. The van der Waals surface area contributed by atoms with Gasteiger partial charge in [-0.05, 0) is 38.2 Å². The lowest BCUT2D eigenvalue weighted by atomic mass is 10.1. The summed E-state index contributed by atoms with van der Waals surface area (Å²) >= 11 is 0. The second-order valence-corrected chi connectivity index (χ2v) is 4.54. The summed E-state index contributed by atoms with van der Waals surface area (Å²) in [5.74, 6) is 0.840. The minimum absolute atomic E-state index is 0.0764. The van der Waals surface area contributed by atoms with Gasteiger partial charge in [0.1, 0.15) is 0 Å². The summed E-state index contributed by atoms with van der Waals surface area (Å²) < 4.78 is 1.74. The van der Waals surface area contributed by atoms with E-state index in [0.29, 0.717) is 6.04 Å². The molecule has 1 aliphatic carbocycles. The molecule has 0 amide bonds. The lowest BCUT2D eigenvalue weighted by molar-refractivity contribution is 0.614. The molecule has 0 aliphatic heterocycles. The van der Waals surface area contributed by atoms with E-state index in [2.05, 4.69) is 12.2 Å². The first-order valence-corrected chi connectivity index (χ1v) is 6.21. The normalized spacial score (nSPS) is 17.1. The van der Waals surface area contributed by atoms with Crippen molar-refractivity contribution in [1.82, 2.24) is 4.57 Å². The number of pyridine rings is 1. The Morgan fingerprint density at radius 3 is 2.75 bits per heavy atom. The summed E-state index contributed by atoms with van der Waals surface area (Å²) in [6.45, 7) is 4.93. The van der Waals surface area contributed by atoms with Gasteiger partial charge >= 0.3 is 0 Å². The van der Waals surface area contributed by atoms with Crippen molar-refractivity contribution in [3.8, 4) is 0 Å². The monoisotopic (exact) mass is 220 g/mol. The van der Waals surface area contributed by atoms with Crippen LogP contribution in [0.15, 0.2) is 23.1 Å². The van der Waals surface area contributed by atoms with E-state index in [0.717, 1.165) is 24.6 Å². The lowest BCUT2D eigenvalue weighted by Gasteiger charge is -2.18. The smallest absolute Gasteiger partial charge is 0.250 e. The van der Waals surface area contributed by atoms with Crippen LogP contribution in [0.25, 0.3) is 0 Å². The van der Waals surface area contributed by atoms with Crippen molar-refractivity contribution in [2.45, 2.75) is 45.7 Å². The van der Waals surface area contributed by atoms with Crippen molar-refractivity contribution in [3.05, 3.63) is 28.7 Å². The second-order valence-electron chi connectivity index (χ2n) is 4.54. The molecule has 1 heterocycles. The van der Waals surface area contributed by atoms with Crippen molar-refractivity contribution < 1.29 is 0 Å². The summed E-state index contributed by atoms with van der Waals surface area (Å²) in [6, 6.07) is 4.10. The molecule has 1 unspecified atom stereocenters. The van der Waals surface area contributed by atoms with Gasteiger partial charge in [0, 0.05) is 24.8 Å². The fourth-order valence-electron chi connectivity index (χ4n) is 2.13. The number of aromatic nitrogens is 1. The van der Waals surface area contributed by atoms with Crippen molar-refractivity contribution in [2.24, 2.45) is 5.92 Å². The van der Waals surface area contributed by atoms with Gasteiger partial charge in [0.05, 0.1) is 5.69 Å². The van der Waals surface area contributed by atoms with Crippen LogP contribution in [0.1, 0.15) is 33.1 Å². The van der Waals surface area contributed by atoms with Crippen LogP contribution in [0.3, 0.4) is 0 Å². The summed E-state index contributed by atoms with van der Waals surface area (Å²) in [5, 5.41) is 3.53. The standard InChI is InChI=1S/C13H20N2O/c1-3-12(10-5-6-10)14-11-7-8-13(16)15(4-2)9-11/h7-10,12,14H,3-6H2,1-2H3. The highest BCUT2D eigenvalue weighted by atomic mass is 16.1. The Hall–Kier alpha value is -1.25. The minimum atomic E-state index is 0.0764. The van der Waals surface area contributed by atoms with E-state index >= 15 is 0 Å². The fourth-order valence-corrected chi connectivity index (χ4v) is 2.13. The third kappa shape index (κ3) is 2.46. The van der Waals surface area contributed by atoms with Crippen LogP contribution >= 0.6 is 0 Å². The average Bonchev–Trinajstić information content (AvgIpc) is 3.12. The van der Waals surface area contributed by atoms with Crippen LogP contribution in [-0.2, 0) is 6.54 Å². The van der Waals surface area contributed by atoms with Gasteiger partial charge < -0.3 is 9.88 Å². The van der Waals surface area contributed by atoms with E-state index in [9.17, 15) is 4.79 Å². The molecule has 2 rings (SSSR count). The maximum atomic E-state index is 11.4. The molecule has 1 aromatic heterocycles. The number of anilines is 1. The highest BCUT2D eigenvalue weighted by Crippen LogP contribution is 2.35. The van der Waals surface area contributed by atoms with Gasteiger partial charge in [-0.2, -0.15) is 0 Å².